The molecule has 1 aromatic heterocycles. The summed E-state index contributed by atoms with van der Waals surface area (Å²) in [6, 6.07) is 8.82. The average molecular weight is 288 g/mol. The molecule has 0 aliphatic carbocycles. The highest BCUT2D eigenvalue weighted by Crippen LogP contribution is 2.43. The lowest BCUT2D eigenvalue weighted by Crippen LogP contribution is -2.44. The number of aliphatic hydroxyl groups is 1. The van der Waals surface area contributed by atoms with Crippen LogP contribution in [0.2, 0.25) is 5.02 Å². The van der Waals surface area contributed by atoms with E-state index in [2.05, 4.69) is 4.98 Å². The second kappa shape index (κ2) is 4.83. The number of halogens is 4. The second-order valence-corrected chi connectivity index (χ2v) is 4.37. The number of aromatic nitrogens is 1. The van der Waals surface area contributed by atoms with Gasteiger partial charge in [-0.3, -0.25) is 4.98 Å². The zero-order valence-corrected chi connectivity index (χ0v) is 10.3. The quantitative estimate of drug-likeness (QED) is 0.916. The Hall–Kier alpha value is -1.59. The van der Waals surface area contributed by atoms with Crippen molar-refractivity contribution in [1.29, 1.82) is 0 Å². The van der Waals surface area contributed by atoms with Gasteiger partial charge in [-0.25, -0.2) is 0 Å². The summed E-state index contributed by atoms with van der Waals surface area (Å²) in [5.41, 5.74) is -3.97. The topological polar surface area (TPSA) is 33.1 Å². The summed E-state index contributed by atoms with van der Waals surface area (Å²) in [5, 5.41) is 10.4. The molecule has 2 rings (SSSR count). The van der Waals surface area contributed by atoms with E-state index in [4.69, 9.17) is 11.6 Å². The van der Waals surface area contributed by atoms with E-state index in [1.165, 1.54) is 30.5 Å². The summed E-state index contributed by atoms with van der Waals surface area (Å²) in [6.07, 6.45) is -3.70. The van der Waals surface area contributed by atoms with E-state index in [1.807, 2.05) is 0 Å². The van der Waals surface area contributed by atoms with E-state index in [0.717, 1.165) is 18.2 Å². The molecule has 1 N–H and O–H groups in total. The van der Waals surface area contributed by atoms with Crippen molar-refractivity contribution in [3.05, 3.63) is 64.9 Å². The molecular formula is C13H9ClF3NO. The lowest BCUT2D eigenvalue weighted by molar-refractivity contribution is -0.249. The van der Waals surface area contributed by atoms with E-state index >= 15 is 0 Å². The number of pyridine rings is 1. The Morgan fingerprint density at radius 3 is 2.11 bits per heavy atom. The first kappa shape index (κ1) is 13.8. The second-order valence-electron chi connectivity index (χ2n) is 3.93. The lowest BCUT2D eigenvalue weighted by atomic mass is 9.89. The maximum atomic E-state index is 13.3. The number of benzene rings is 1. The van der Waals surface area contributed by atoms with Gasteiger partial charge in [0.15, 0.2) is 0 Å². The van der Waals surface area contributed by atoms with Crippen molar-refractivity contribution in [2.75, 3.05) is 0 Å². The van der Waals surface area contributed by atoms with Crippen molar-refractivity contribution in [3.63, 3.8) is 0 Å². The first-order valence-electron chi connectivity index (χ1n) is 5.32. The maximum Gasteiger partial charge on any atom is 0.427 e. The van der Waals surface area contributed by atoms with Gasteiger partial charge in [0.1, 0.15) is 0 Å². The van der Waals surface area contributed by atoms with Crippen LogP contribution in [0.1, 0.15) is 11.3 Å². The largest absolute Gasteiger partial charge is 0.427 e. The van der Waals surface area contributed by atoms with E-state index < -0.39 is 17.5 Å². The van der Waals surface area contributed by atoms with Gasteiger partial charge in [0.05, 0.1) is 5.69 Å². The molecule has 0 aliphatic heterocycles. The van der Waals surface area contributed by atoms with Gasteiger partial charge in [-0.2, -0.15) is 13.2 Å². The van der Waals surface area contributed by atoms with E-state index in [1.54, 1.807) is 0 Å². The van der Waals surface area contributed by atoms with Crippen LogP contribution in [0.5, 0.6) is 0 Å². The SMILES string of the molecule is OC(c1ccc(Cl)cc1)(c1ccccn1)C(F)(F)F. The number of alkyl halides is 3. The molecule has 0 aliphatic rings. The minimum absolute atomic E-state index is 0.286. The standard InChI is InChI=1S/C13H9ClF3NO/c14-10-6-4-9(5-7-10)12(19,13(15,16)17)11-3-1-2-8-18-11/h1-8,19H. The summed E-state index contributed by atoms with van der Waals surface area (Å²) in [7, 11) is 0. The molecule has 0 saturated heterocycles. The van der Waals surface area contributed by atoms with Gasteiger partial charge in [0.2, 0.25) is 5.60 Å². The molecule has 0 bridgehead atoms. The predicted octanol–water partition coefficient (Wildman–Crippen LogP) is 3.53. The van der Waals surface area contributed by atoms with Crippen LogP contribution in [0, 0.1) is 0 Å². The van der Waals surface area contributed by atoms with Crippen LogP contribution in [0.4, 0.5) is 13.2 Å². The summed E-state index contributed by atoms with van der Waals surface area (Å²) in [6.45, 7) is 0. The van der Waals surface area contributed by atoms with Gasteiger partial charge in [0, 0.05) is 11.2 Å². The summed E-state index contributed by atoms with van der Waals surface area (Å²) in [5.74, 6) is 0. The molecule has 0 spiro atoms. The fraction of sp³-hybridized carbons (Fsp3) is 0.154. The first-order valence-corrected chi connectivity index (χ1v) is 5.70. The molecule has 1 aromatic carbocycles. The maximum absolute atomic E-state index is 13.3. The molecule has 1 unspecified atom stereocenters. The zero-order chi connectivity index (χ0) is 14.1. The van der Waals surface area contributed by atoms with Gasteiger partial charge in [-0.05, 0) is 29.8 Å². The number of hydrogen-bond donors (Lipinski definition) is 1. The Balaban J connectivity index is 2.63. The Morgan fingerprint density at radius 2 is 1.63 bits per heavy atom. The van der Waals surface area contributed by atoms with Crippen LogP contribution in [0.3, 0.4) is 0 Å². The summed E-state index contributed by atoms with van der Waals surface area (Å²) in [4.78, 5) is 3.61. The Labute approximate surface area is 112 Å². The third kappa shape index (κ3) is 2.43. The predicted molar refractivity (Wildman–Crippen MR) is 64.7 cm³/mol. The van der Waals surface area contributed by atoms with E-state index in [-0.39, 0.29) is 10.6 Å². The van der Waals surface area contributed by atoms with Crippen molar-refractivity contribution in [1.82, 2.24) is 4.98 Å². The van der Waals surface area contributed by atoms with Crippen molar-refractivity contribution < 1.29 is 18.3 Å². The normalized spacial score (nSPS) is 15.0. The monoisotopic (exact) mass is 287 g/mol. The molecule has 1 atom stereocenters. The molecule has 0 amide bonds. The molecule has 2 aromatic rings. The first-order chi connectivity index (χ1) is 8.85. The van der Waals surface area contributed by atoms with Crippen LogP contribution in [-0.2, 0) is 5.60 Å². The number of hydrogen-bond acceptors (Lipinski definition) is 2. The number of rotatable bonds is 2. The van der Waals surface area contributed by atoms with Crippen LogP contribution in [-0.4, -0.2) is 16.3 Å². The Bertz CT molecular complexity index is 556. The highest BCUT2D eigenvalue weighted by molar-refractivity contribution is 6.30. The van der Waals surface area contributed by atoms with Crippen molar-refractivity contribution in [3.8, 4) is 0 Å². The van der Waals surface area contributed by atoms with E-state index in [0.29, 0.717) is 0 Å². The molecule has 0 saturated carbocycles. The van der Waals surface area contributed by atoms with Crippen molar-refractivity contribution in [2.45, 2.75) is 11.8 Å². The third-order valence-electron chi connectivity index (χ3n) is 2.71. The molecule has 0 fully saturated rings. The van der Waals surface area contributed by atoms with Gasteiger partial charge in [0.25, 0.3) is 0 Å². The molecule has 6 heteroatoms. The summed E-state index contributed by atoms with van der Waals surface area (Å²) < 4.78 is 39.8. The lowest BCUT2D eigenvalue weighted by Gasteiger charge is -2.30. The van der Waals surface area contributed by atoms with E-state index in [9.17, 15) is 18.3 Å². The molecular weight excluding hydrogens is 279 g/mol. The fourth-order valence-electron chi connectivity index (χ4n) is 1.72. The molecule has 19 heavy (non-hydrogen) atoms. The Kier molecular flexibility index (Phi) is 3.52. The van der Waals surface area contributed by atoms with Crippen LogP contribution < -0.4 is 0 Å². The molecule has 2 nitrogen and oxygen atoms in total. The molecule has 100 valence electrons. The van der Waals surface area contributed by atoms with Crippen molar-refractivity contribution in [2.24, 2.45) is 0 Å². The minimum Gasteiger partial charge on any atom is -0.371 e. The van der Waals surface area contributed by atoms with Crippen LogP contribution in [0.15, 0.2) is 48.7 Å². The average Bonchev–Trinajstić information content (AvgIpc) is 2.38. The van der Waals surface area contributed by atoms with Crippen molar-refractivity contribution >= 4 is 11.6 Å². The number of nitrogens with zero attached hydrogens (tertiary/aromatic N) is 1. The van der Waals surface area contributed by atoms with Gasteiger partial charge < -0.3 is 5.11 Å². The van der Waals surface area contributed by atoms with Gasteiger partial charge in [-0.15, -0.1) is 0 Å². The van der Waals surface area contributed by atoms with Crippen LogP contribution in [0.25, 0.3) is 0 Å². The smallest absolute Gasteiger partial charge is 0.371 e. The highest BCUT2D eigenvalue weighted by atomic mass is 35.5. The Morgan fingerprint density at radius 1 is 1.00 bits per heavy atom. The van der Waals surface area contributed by atoms with Gasteiger partial charge in [-0.1, -0.05) is 29.8 Å². The molecule has 0 radical (unpaired) electrons. The molecule has 1 heterocycles. The third-order valence-corrected chi connectivity index (χ3v) is 2.96. The summed E-state index contributed by atoms with van der Waals surface area (Å²) >= 11 is 5.64. The van der Waals surface area contributed by atoms with Crippen LogP contribution >= 0.6 is 11.6 Å². The minimum atomic E-state index is -4.89. The zero-order valence-electron chi connectivity index (χ0n) is 9.53. The fourth-order valence-corrected chi connectivity index (χ4v) is 1.85. The highest BCUT2D eigenvalue weighted by Gasteiger charge is 2.57. The van der Waals surface area contributed by atoms with Gasteiger partial charge >= 0.3 is 6.18 Å².